The van der Waals surface area contributed by atoms with Crippen molar-refractivity contribution in [2.75, 3.05) is 20.1 Å². The van der Waals surface area contributed by atoms with Crippen LogP contribution in [0.2, 0.25) is 0 Å². The molecule has 1 aromatic rings. The Morgan fingerprint density at radius 1 is 1.37 bits per heavy atom. The topological polar surface area (TPSA) is 52.6 Å². The molecule has 0 aliphatic heterocycles. The molecule has 0 saturated heterocycles. The first-order valence-electron chi connectivity index (χ1n) is 6.82. The highest BCUT2D eigenvalue weighted by atomic mass is 16.4. The summed E-state index contributed by atoms with van der Waals surface area (Å²) in [6.45, 7) is 4.51. The molecule has 19 heavy (non-hydrogen) atoms. The highest BCUT2D eigenvalue weighted by Crippen LogP contribution is 2.02. The van der Waals surface area contributed by atoms with E-state index in [1.54, 1.807) is 0 Å². The second-order valence-electron chi connectivity index (χ2n) is 4.83. The van der Waals surface area contributed by atoms with Gasteiger partial charge in [-0.3, -0.25) is 4.79 Å². The second-order valence-corrected chi connectivity index (χ2v) is 4.83. The minimum atomic E-state index is -0.764. The molecule has 0 spiro atoms. The Labute approximate surface area is 115 Å². The first-order valence-corrected chi connectivity index (χ1v) is 6.82. The fraction of sp³-hybridized carbons (Fsp3) is 0.533. The fourth-order valence-electron chi connectivity index (χ4n) is 2.01. The Kier molecular flexibility index (Phi) is 7.15. The molecule has 0 bridgehead atoms. The maximum atomic E-state index is 10.8. The lowest BCUT2D eigenvalue weighted by Crippen LogP contribution is -2.37. The molecular weight excluding hydrogens is 240 g/mol. The lowest BCUT2D eigenvalue weighted by molar-refractivity contribution is -0.139. The number of carbonyl (C=O) groups is 1. The molecule has 106 valence electrons. The number of nitrogens with zero attached hydrogens (tertiary/aromatic N) is 1. The molecule has 1 aromatic carbocycles. The van der Waals surface area contributed by atoms with Crippen molar-refractivity contribution in [3.8, 4) is 0 Å². The molecule has 0 aliphatic rings. The largest absolute Gasteiger partial charge is 0.480 e. The van der Waals surface area contributed by atoms with Gasteiger partial charge < -0.3 is 15.3 Å². The zero-order valence-corrected chi connectivity index (χ0v) is 11.8. The van der Waals surface area contributed by atoms with Crippen molar-refractivity contribution in [3.63, 3.8) is 0 Å². The van der Waals surface area contributed by atoms with Gasteiger partial charge in [0, 0.05) is 6.54 Å². The van der Waals surface area contributed by atoms with Crippen molar-refractivity contribution in [2.45, 2.75) is 32.4 Å². The highest BCUT2D eigenvalue weighted by molar-refractivity contribution is 5.73. The summed E-state index contributed by atoms with van der Waals surface area (Å²) in [5.41, 5.74) is 1.30. The zero-order valence-electron chi connectivity index (χ0n) is 11.8. The maximum absolute atomic E-state index is 10.8. The zero-order chi connectivity index (χ0) is 14.1. The van der Waals surface area contributed by atoms with Gasteiger partial charge in [0.15, 0.2) is 0 Å². The van der Waals surface area contributed by atoms with Gasteiger partial charge >= 0.3 is 5.97 Å². The number of hydrogen-bond acceptors (Lipinski definition) is 3. The molecule has 2 N–H and O–H groups in total. The third-order valence-electron chi connectivity index (χ3n) is 3.11. The number of benzene rings is 1. The van der Waals surface area contributed by atoms with Gasteiger partial charge in [-0.25, -0.2) is 0 Å². The molecular formula is C15H24N2O2. The van der Waals surface area contributed by atoms with E-state index < -0.39 is 12.0 Å². The van der Waals surface area contributed by atoms with E-state index in [-0.39, 0.29) is 0 Å². The fourth-order valence-corrected chi connectivity index (χ4v) is 2.01. The average molecular weight is 264 g/mol. The van der Waals surface area contributed by atoms with Crippen molar-refractivity contribution < 1.29 is 9.90 Å². The second kappa shape index (κ2) is 8.67. The average Bonchev–Trinajstić information content (AvgIpc) is 2.39. The van der Waals surface area contributed by atoms with Gasteiger partial charge in [-0.1, -0.05) is 37.3 Å². The molecule has 1 atom stereocenters. The summed E-state index contributed by atoms with van der Waals surface area (Å²) in [7, 11) is 2.08. The van der Waals surface area contributed by atoms with Crippen molar-refractivity contribution >= 4 is 5.97 Å². The van der Waals surface area contributed by atoms with Crippen LogP contribution in [0.1, 0.15) is 25.3 Å². The van der Waals surface area contributed by atoms with Crippen molar-refractivity contribution in [1.82, 2.24) is 10.2 Å². The summed E-state index contributed by atoms with van der Waals surface area (Å²) in [6.07, 6.45) is 1.57. The van der Waals surface area contributed by atoms with E-state index in [9.17, 15) is 4.79 Å². The van der Waals surface area contributed by atoms with Crippen LogP contribution in [-0.4, -0.2) is 42.2 Å². The van der Waals surface area contributed by atoms with E-state index in [0.717, 1.165) is 26.1 Å². The Morgan fingerprint density at radius 3 is 2.63 bits per heavy atom. The summed E-state index contributed by atoms with van der Waals surface area (Å²) in [5.74, 6) is -0.764. The van der Waals surface area contributed by atoms with Gasteiger partial charge in [-0.15, -0.1) is 0 Å². The van der Waals surface area contributed by atoms with Crippen molar-refractivity contribution in [1.29, 1.82) is 0 Å². The van der Waals surface area contributed by atoms with Crippen molar-refractivity contribution in [3.05, 3.63) is 35.9 Å². The lowest BCUT2D eigenvalue weighted by atomic mass is 10.2. The SMILES string of the molecule is CCC(NCCCN(C)Cc1ccccc1)C(=O)O. The number of carboxylic acids is 1. The minimum Gasteiger partial charge on any atom is -0.480 e. The molecule has 0 fully saturated rings. The van der Waals surface area contributed by atoms with Gasteiger partial charge in [0.1, 0.15) is 6.04 Å². The van der Waals surface area contributed by atoms with Crippen LogP contribution in [0.4, 0.5) is 0 Å². The molecule has 4 nitrogen and oxygen atoms in total. The molecule has 0 aliphatic carbocycles. The summed E-state index contributed by atoms with van der Waals surface area (Å²) in [4.78, 5) is 13.1. The minimum absolute atomic E-state index is 0.417. The summed E-state index contributed by atoms with van der Waals surface area (Å²) in [6, 6.07) is 9.93. The van der Waals surface area contributed by atoms with Crippen LogP contribution in [-0.2, 0) is 11.3 Å². The quantitative estimate of drug-likeness (QED) is 0.670. The summed E-state index contributed by atoms with van der Waals surface area (Å²) in [5, 5.41) is 12.0. The smallest absolute Gasteiger partial charge is 0.320 e. The van der Waals surface area contributed by atoms with Gasteiger partial charge in [-0.05, 0) is 38.5 Å². The maximum Gasteiger partial charge on any atom is 0.320 e. The Hall–Kier alpha value is -1.39. The van der Waals surface area contributed by atoms with Crippen LogP contribution in [0.25, 0.3) is 0 Å². The highest BCUT2D eigenvalue weighted by Gasteiger charge is 2.12. The molecule has 0 radical (unpaired) electrons. The Morgan fingerprint density at radius 2 is 2.05 bits per heavy atom. The number of hydrogen-bond donors (Lipinski definition) is 2. The van der Waals surface area contributed by atoms with Crippen LogP contribution in [0.3, 0.4) is 0 Å². The van der Waals surface area contributed by atoms with Gasteiger partial charge in [0.05, 0.1) is 0 Å². The first-order chi connectivity index (χ1) is 9.13. The number of carboxylic acid groups (broad SMARTS) is 1. The van der Waals surface area contributed by atoms with Gasteiger partial charge in [0.2, 0.25) is 0 Å². The van der Waals surface area contributed by atoms with Crippen LogP contribution < -0.4 is 5.32 Å². The predicted molar refractivity (Wildman–Crippen MR) is 77.1 cm³/mol. The van der Waals surface area contributed by atoms with Crippen LogP contribution in [0, 0.1) is 0 Å². The molecule has 1 rings (SSSR count). The normalized spacial score (nSPS) is 12.6. The number of nitrogens with one attached hydrogen (secondary N) is 1. The van der Waals surface area contributed by atoms with E-state index in [2.05, 4.69) is 29.4 Å². The lowest BCUT2D eigenvalue weighted by Gasteiger charge is -2.18. The first kappa shape index (κ1) is 15.7. The van der Waals surface area contributed by atoms with E-state index in [4.69, 9.17) is 5.11 Å². The van der Waals surface area contributed by atoms with Crippen LogP contribution >= 0.6 is 0 Å². The predicted octanol–water partition coefficient (Wildman–Crippen LogP) is 1.96. The summed E-state index contributed by atoms with van der Waals surface area (Å²) >= 11 is 0. The molecule has 0 saturated carbocycles. The van der Waals surface area contributed by atoms with E-state index in [1.807, 2.05) is 25.1 Å². The molecule has 0 heterocycles. The Bertz CT molecular complexity index is 368. The van der Waals surface area contributed by atoms with Crippen molar-refractivity contribution in [2.24, 2.45) is 0 Å². The molecule has 0 amide bonds. The Balaban J connectivity index is 2.17. The molecule has 0 aromatic heterocycles. The number of rotatable bonds is 9. The monoisotopic (exact) mass is 264 g/mol. The van der Waals surface area contributed by atoms with E-state index in [1.165, 1.54) is 5.56 Å². The van der Waals surface area contributed by atoms with Gasteiger partial charge in [0.25, 0.3) is 0 Å². The van der Waals surface area contributed by atoms with Gasteiger partial charge in [-0.2, -0.15) is 0 Å². The molecule has 4 heteroatoms. The molecule has 1 unspecified atom stereocenters. The van der Waals surface area contributed by atoms with Crippen LogP contribution in [0.5, 0.6) is 0 Å². The van der Waals surface area contributed by atoms with E-state index >= 15 is 0 Å². The summed E-state index contributed by atoms with van der Waals surface area (Å²) < 4.78 is 0. The van der Waals surface area contributed by atoms with E-state index in [0.29, 0.717) is 6.42 Å². The third-order valence-corrected chi connectivity index (χ3v) is 3.11. The standard InChI is InChI=1S/C15H24N2O2/c1-3-14(15(18)19)16-10-7-11-17(2)12-13-8-5-4-6-9-13/h4-6,8-9,14,16H,3,7,10-12H2,1-2H3,(H,18,19). The van der Waals surface area contributed by atoms with Crippen LogP contribution in [0.15, 0.2) is 30.3 Å². The third kappa shape index (κ3) is 6.36. The number of aliphatic carboxylic acids is 1.